The van der Waals surface area contributed by atoms with E-state index < -0.39 is 0 Å². The molecule has 0 saturated carbocycles. The van der Waals surface area contributed by atoms with E-state index in [1.807, 2.05) is 39.2 Å². The third-order valence-corrected chi connectivity index (χ3v) is 1.66. The van der Waals surface area contributed by atoms with Gasteiger partial charge in [-0.1, -0.05) is 6.07 Å². The first-order valence-electron chi connectivity index (χ1n) is 4.48. The van der Waals surface area contributed by atoms with Crippen LogP contribution in [0.25, 0.3) is 11.0 Å². The molecule has 4 heteroatoms. The van der Waals surface area contributed by atoms with Crippen molar-refractivity contribution in [3.63, 3.8) is 0 Å². The summed E-state index contributed by atoms with van der Waals surface area (Å²) in [5, 5.41) is 2.75. The van der Waals surface area contributed by atoms with Gasteiger partial charge < -0.3 is 16.0 Å². The highest BCUT2D eigenvalue weighted by atomic mass is 14.9. The van der Waals surface area contributed by atoms with Crippen molar-refractivity contribution in [3.8, 4) is 0 Å². The Morgan fingerprint density at radius 1 is 1.36 bits per heavy atom. The smallest absolute Gasteiger partial charge is 0.111 e. The summed E-state index contributed by atoms with van der Waals surface area (Å²) in [7, 11) is 3.75. The average Bonchev–Trinajstić information content (AvgIpc) is 2.48. The summed E-state index contributed by atoms with van der Waals surface area (Å²) in [5.41, 5.74) is 8.28. The van der Waals surface area contributed by atoms with E-state index in [0.29, 0.717) is 0 Å². The van der Waals surface area contributed by atoms with Crippen LogP contribution >= 0.6 is 0 Å². The molecule has 0 unspecified atom stereocenters. The number of H-pyrrole nitrogens is 1. The molecule has 2 aromatic rings. The Hall–Kier alpha value is -1.55. The lowest BCUT2D eigenvalue weighted by atomic mass is 10.3. The van der Waals surface area contributed by atoms with Crippen molar-refractivity contribution in [3.05, 3.63) is 24.0 Å². The van der Waals surface area contributed by atoms with Gasteiger partial charge in [-0.3, -0.25) is 0 Å². The number of aromatic nitrogens is 2. The highest BCUT2D eigenvalue weighted by molar-refractivity contribution is 5.86. The van der Waals surface area contributed by atoms with Crippen molar-refractivity contribution in [2.24, 2.45) is 0 Å². The van der Waals surface area contributed by atoms with Crippen molar-refractivity contribution in [2.45, 2.75) is 6.92 Å². The van der Waals surface area contributed by atoms with Crippen LogP contribution < -0.4 is 11.1 Å². The molecular weight excluding hydrogens is 176 g/mol. The standard InChI is InChI=1S/C8H9N3.C2H7N/c1-5-10-7-4-2-3-6(9)8(7)11-5;1-3-2/h2-4H,9H2,1H3,(H,10,11);3H,1-2H3. The summed E-state index contributed by atoms with van der Waals surface area (Å²) in [5.74, 6) is 0.901. The second-order valence-corrected chi connectivity index (χ2v) is 3.07. The Kier molecular flexibility index (Phi) is 3.48. The fraction of sp³-hybridized carbons (Fsp3) is 0.300. The molecule has 0 aliphatic carbocycles. The molecule has 0 atom stereocenters. The van der Waals surface area contributed by atoms with Gasteiger partial charge in [-0.05, 0) is 33.2 Å². The van der Waals surface area contributed by atoms with Gasteiger partial charge in [-0.25, -0.2) is 4.98 Å². The zero-order valence-corrected chi connectivity index (χ0v) is 8.76. The molecule has 4 N–H and O–H groups in total. The minimum Gasteiger partial charge on any atom is -0.397 e. The summed E-state index contributed by atoms with van der Waals surface area (Å²) in [6.07, 6.45) is 0. The third-order valence-electron chi connectivity index (χ3n) is 1.66. The normalized spacial score (nSPS) is 9.64. The quantitative estimate of drug-likeness (QED) is 0.551. The zero-order chi connectivity index (χ0) is 10.6. The van der Waals surface area contributed by atoms with Crippen molar-refractivity contribution < 1.29 is 0 Å². The van der Waals surface area contributed by atoms with Gasteiger partial charge in [0.15, 0.2) is 0 Å². The molecule has 76 valence electrons. The fourth-order valence-corrected chi connectivity index (χ4v) is 1.18. The number of nitrogens with two attached hydrogens (primary N) is 1. The number of nitrogens with zero attached hydrogens (tertiary/aromatic N) is 1. The van der Waals surface area contributed by atoms with Crippen LogP contribution in [0, 0.1) is 6.92 Å². The number of hydrogen-bond donors (Lipinski definition) is 3. The molecule has 4 nitrogen and oxygen atoms in total. The molecule has 0 spiro atoms. The van der Waals surface area contributed by atoms with Gasteiger partial charge in [0, 0.05) is 0 Å². The van der Waals surface area contributed by atoms with Crippen molar-refractivity contribution in [2.75, 3.05) is 19.8 Å². The van der Waals surface area contributed by atoms with E-state index in [9.17, 15) is 0 Å². The maximum absolute atomic E-state index is 5.69. The van der Waals surface area contributed by atoms with Gasteiger partial charge in [-0.2, -0.15) is 0 Å². The molecule has 14 heavy (non-hydrogen) atoms. The number of aromatic amines is 1. The number of para-hydroxylation sites is 1. The predicted octanol–water partition coefficient (Wildman–Crippen LogP) is 1.29. The Bertz CT molecular complexity index is 405. The molecular formula is C10H16N4. The minimum atomic E-state index is 0.729. The number of benzene rings is 1. The number of rotatable bonds is 0. The van der Waals surface area contributed by atoms with Gasteiger partial charge >= 0.3 is 0 Å². The largest absolute Gasteiger partial charge is 0.397 e. The summed E-state index contributed by atoms with van der Waals surface area (Å²) in [6.45, 7) is 1.92. The van der Waals surface area contributed by atoms with Crippen molar-refractivity contribution >= 4 is 16.7 Å². The minimum absolute atomic E-state index is 0.729. The number of anilines is 1. The topological polar surface area (TPSA) is 66.7 Å². The number of imidazole rings is 1. The Morgan fingerprint density at radius 2 is 2.00 bits per heavy atom. The first kappa shape index (κ1) is 10.5. The summed E-state index contributed by atoms with van der Waals surface area (Å²) in [6, 6.07) is 5.73. The van der Waals surface area contributed by atoms with Crippen molar-refractivity contribution in [1.29, 1.82) is 0 Å². The van der Waals surface area contributed by atoms with Gasteiger partial charge in [0.1, 0.15) is 11.3 Å². The van der Waals surface area contributed by atoms with E-state index >= 15 is 0 Å². The second kappa shape index (κ2) is 4.62. The van der Waals surface area contributed by atoms with Crippen LogP contribution in [0.4, 0.5) is 5.69 Å². The number of aryl methyl sites for hydroxylation is 1. The summed E-state index contributed by atoms with van der Waals surface area (Å²) >= 11 is 0. The first-order valence-corrected chi connectivity index (χ1v) is 4.48. The van der Waals surface area contributed by atoms with Gasteiger partial charge in [0.05, 0.1) is 11.2 Å². The predicted molar refractivity (Wildman–Crippen MR) is 60.2 cm³/mol. The highest BCUT2D eigenvalue weighted by Gasteiger charge is 2.00. The molecule has 0 radical (unpaired) electrons. The van der Waals surface area contributed by atoms with Crippen LogP contribution in [0.2, 0.25) is 0 Å². The molecule has 0 aliphatic heterocycles. The lowest BCUT2D eigenvalue weighted by Gasteiger charge is -1.90. The van der Waals surface area contributed by atoms with Crippen LogP contribution in [-0.4, -0.2) is 24.1 Å². The molecule has 1 aromatic carbocycles. The third kappa shape index (κ3) is 2.23. The molecule has 0 bridgehead atoms. The molecule has 2 rings (SSSR count). The van der Waals surface area contributed by atoms with E-state index in [1.54, 1.807) is 0 Å². The fourth-order valence-electron chi connectivity index (χ4n) is 1.18. The lowest BCUT2D eigenvalue weighted by Crippen LogP contribution is -1.89. The van der Waals surface area contributed by atoms with Gasteiger partial charge in [-0.15, -0.1) is 0 Å². The van der Waals surface area contributed by atoms with Crippen LogP contribution in [0.15, 0.2) is 18.2 Å². The number of nitrogen functional groups attached to an aromatic ring is 1. The molecule has 0 aliphatic rings. The Labute approximate surface area is 83.5 Å². The molecule has 0 saturated heterocycles. The van der Waals surface area contributed by atoms with Crippen LogP contribution in [-0.2, 0) is 0 Å². The van der Waals surface area contributed by atoms with Crippen molar-refractivity contribution in [1.82, 2.24) is 15.3 Å². The lowest BCUT2D eigenvalue weighted by molar-refractivity contribution is 1.02. The summed E-state index contributed by atoms with van der Waals surface area (Å²) < 4.78 is 0. The second-order valence-electron chi connectivity index (χ2n) is 3.07. The zero-order valence-electron chi connectivity index (χ0n) is 8.76. The van der Waals surface area contributed by atoms with Gasteiger partial charge in [0.2, 0.25) is 0 Å². The van der Waals surface area contributed by atoms with Gasteiger partial charge in [0.25, 0.3) is 0 Å². The molecule has 1 heterocycles. The van der Waals surface area contributed by atoms with Crippen LogP contribution in [0.1, 0.15) is 5.82 Å². The molecule has 0 fully saturated rings. The summed E-state index contributed by atoms with van der Waals surface area (Å²) in [4.78, 5) is 7.34. The first-order chi connectivity index (χ1) is 6.69. The maximum Gasteiger partial charge on any atom is 0.111 e. The number of nitrogens with one attached hydrogen (secondary N) is 2. The van der Waals surface area contributed by atoms with E-state index in [4.69, 9.17) is 5.73 Å². The molecule has 0 amide bonds. The van der Waals surface area contributed by atoms with Crippen LogP contribution in [0.3, 0.4) is 0 Å². The van der Waals surface area contributed by atoms with E-state index in [-0.39, 0.29) is 0 Å². The van der Waals surface area contributed by atoms with E-state index in [2.05, 4.69) is 15.3 Å². The highest BCUT2D eigenvalue weighted by Crippen LogP contribution is 2.17. The number of hydrogen-bond acceptors (Lipinski definition) is 3. The monoisotopic (exact) mass is 192 g/mol. The average molecular weight is 192 g/mol. The SMILES string of the molecule is CNC.Cc1nc2c(N)cccc2[nH]1. The van der Waals surface area contributed by atoms with Crippen LogP contribution in [0.5, 0.6) is 0 Å². The number of fused-ring (bicyclic) bond motifs is 1. The maximum atomic E-state index is 5.69. The Balaban J connectivity index is 0.000000293. The van der Waals surface area contributed by atoms with E-state index in [1.165, 1.54) is 0 Å². The molecule has 1 aromatic heterocycles. The van der Waals surface area contributed by atoms with E-state index in [0.717, 1.165) is 22.5 Å². The Morgan fingerprint density at radius 3 is 2.57 bits per heavy atom.